The Morgan fingerprint density at radius 2 is 2.00 bits per heavy atom. The average molecular weight is 295 g/mol. The highest BCUT2D eigenvalue weighted by molar-refractivity contribution is 5.76. The zero-order chi connectivity index (χ0) is 15.5. The number of nitrogens with two attached hydrogens (primary N) is 1. The number of nitrogens with zero attached hydrogens (tertiary/aromatic N) is 2. The van der Waals surface area contributed by atoms with Crippen LogP contribution in [-0.4, -0.2) is 23.2 Å². The lowest BCUT2D eigenvalue weighted by atomic mass is 10.1. The maximum Gasteiger partial charge on any atom is 0.119 e. The van der Waals surface area contributed by atoms with Crippen LogP contribution >= 0.6 is 0 Å². The second kappa shape index (κ2) is 6.20. The van der Waals surface area contributed by atoms with Crippen LogP contribution in [0.25, 0.3) is 11.0 Å². The van der Waals surface area contributed by atoms with Gasteiger partial charge in [0.15, 0.2) is 0 Å². The molecular weight excluding hydrogens is 274 g/mol. The molecular formula is C18H21N3O. The Bertz CT molecular complexity index is 779. The minimum Gasteiger partial charge on any atom is -0.497 e. The molecule has 0 aliphatic heterocycles. The molecule has 0 bridgehead atoms. The van der Waals surface area contributed by atoms with Crippen molar-refractivity contribution in [3.8, 4) is 5.75 Å². The number of imidazole rings is 1. The van der Waals surface area contributed by atoms with E-state index in [1.807, 2.05) is 30.3 Å². The van der Waals surface area contributed by atoms with E-state index in [4.69, 9.17) is 15.5 Å². The Kier molecular flexibility index (Phi) is 4.11. The molecule has 1 aromatic heterocycles. The second-order valence-corrected chi connectivity index (χ2v) is 5.38. The lowest BCUT2D eigenvalue weighted by Gasteiger charge is -2.18. The maximum absolute atomic E-state index is 5.76. The van der Waals surface area contributed by atoms with Crippen LogP contribution in [-0.2, 0) is 6.42 Å². The predicted octanol–water partition coefficient (Wildman–Crippen LogP) is 3.16. The summed E-state index contributed by atoms with van der Waals surface area (Å²) in [6.07, 6.45) is 0.767. The number of para-hydroxylation sites is 2. The highest BCUT2D eigenvalue weighted by atomic mass is 16.5. The van der Waals surface area contributed by atoms with Gasteiger partial charge in [-0.2, -0.15) is 0 Å². The normalized spacial score (nSPS) is 12.5. The third-order valence-electron chi connectivity index (χ3n) is 4.00. The van der Waals surface area contributed by atoms with E-state index in [0.717, 1.165) is 29.0 Å². The molecule has 0 fully saturated rings. The largest absolute Gasteiger partial charge is 0.497 e. The van der Waals surface area contributed by atoms with Gasteiger partial charge in [0.2, 0.25) is 0 Å². The van der Waals surface area contributed by atoms with Gasteiger partial charge in [0, 0.05) is 6.42 Å². The average Bonchev–Trinajstić information content (AvgIpc) is 2.92. The van der Waals surface area contributed by atoms with E-state index in [9.17, 15) is 0 Å². The molecule has 0 aliphatic rings. The van der Waals surface area contributed by atoms with Crippen molar-refractivity contribution in [2.24, 2.45) is 5.73 Å². The van der Waals surface area contributed by atoms with Gasteiger partial charge in [-0.05, 0) is 43.3 Å². The van der Waals surface area contributed by atoms with Crippen molar-refractivity contribution in [2.45, 2.75) is 19.4 Å². The molecule has 1 heterocycles. The summed E-state index contributed by atoms with van der Waals surface area (Å²) in [6.45, 7) is 2.77. The zero-order valence-electron chi connectivity index (χ0n) is 13.0. The van der Waals surface area contributed by atoms with Crippen LogP contribution in [0.5, 0.6) is 5.75 Å². The van der Waals surface area contributed by atoms with E-state index in [0.29, 0.717) is 6.54 Å². The molecule has 4 nitrogen and oxygen atoms in total. The lowest BCUT2D eigenvalue weighted by molar-refractivity contribution is 0.413. The summed E-state index contributed by atoms with van der Waals surface area (Å²) < 4.78 is 7.62. The molecule has 1 unspecified atom stereocenters. The van der Waals surface area contributed by atoms with Crippen LogP contribution in [0.1, 0.15) is 24.4 Å². The number of methoxy groups -OCH3 is 1. The first-order valence-electron chi connectivity index (χ1n) is 7.54. The molecule has 2 N–H and O–H groups in total. The van der Waals surface area contributed by atoms with Gasteiger partial charge in [0.1, 0.15) is 11.6 Å². The van der Waals surface area contributed by atoms with Gasteiger partial charge in [-0.25, -0.2) is 4.98 Å². The first-order valence-corrected chi connectivity index (χ1v) is 7.54. The number of benzene rings is 2. The highest BCUT2D eigenvalue weighted by Gasteiger charge is 2.17. The Hall–Kier alpha value is -2.33. The van der Waals surface area contributed by atoms with Crippen LogP contribution in [0, 0.1) is 0 Å². The van der Waals surface area contributed by atoms with Gasteiger partial charge >= 0.3 is 0 Å². The van der Waals surface area contributed by atoms with Crippen LogP contribution in [0.15, 0.2) is 48.5 Å². The maximum atomic E-state index is 5.76. The smallest absolute Gasteiger partial charge is 0.119 e. The van der Waals surface area contributed by atoms with Crippen molar-refractivity contribution >= 4 is 11.0 Å². The van der Waals surface area contributed by atoms with E-state index in [1.165, 1.54) is 5.56 Å². The number of aromatic nitrogens is 2. The molecule has 3 rings (SSSR count). The van der Waals surface area contributed by atoms with Gasteiger partial charge in [-0.15, -0.1) is 0 Å². The zero-order valence-corrected chi connectivity index (χ0v) is 13.0. The van der Waals surface area contributed by atoms with E-state index >= 15 is 0 Å². The molecule has 0 saturated carbocycles. The van der Waals surface area contributed by atoms with Crippen molar-refractivity contribution < 1.29 is 4.74 Å². The molecule has 22 heavy (non-hydrogen) atoms. The summed E-state index contributed by atoms with van der Waals surface area (Å²) in [6, 6.07) is 16.6. The van der Waals surface area contributed by atoms with Crippen molar-refractivity contribution in [2.75, 3.05) is 13.7 Å². The fourth-order valence-electron chi connectivity index (χ4n) is 2.88. The molecule has 0 amide bonds. The van der Waals surface area contributed by atoms with Crippen molar-refractivity contribution in [1.82, 2.24) is 9.55 Å². The van der Waals surface area contributed by atoms with Gasteiger partial charge in [0.25, 0.3) is 0 Å². The third kappa shape index (κ3) is 2.57. The van der Waals surface area contributed by atoms with Crippen molar-refractivity contribution in [3.63, 3.8) is 0 Å². The minimum atomic E-state index is 0.170. The number of rotatable bonds is 5. The fourth-order valence-corrected chi connectivity index (χ4v) is 2.88. The predicted molar refractivity (Wildman–Crippen MR) is 89.3 cm³/mol. The first-order chi connectivity index (χ1) is 10.7. The molecule has 0 radical (unpaired) electrons. The molecule has 3 aromatic rings. The van der Waals surface area contributed by atoms with E-state index < -0.39 is 0 Å². The monoisotopic (exact) mass is 295 g/mol. The third-order valence-corrected chi connectivity index (χ3v) is 4.00. The summed E-state index contributed by atoms with van der Waals surface area (Å²) in [5, 5.41) is 0. The first kappa shape index (κ1) is 14.6. The van der Waals surface area contributed by atoms with E-state index in [2.05, 4.69) is 29.7 Å². The quantitative estimate of drug-likeness (QED) is 0.786. The SMILES string of the molecule is COc1cccc(C(C)n2c(CCN)nc3ccccc32)c1. The Labute approximate surface area is 130 Å². The molecule has 1 atom stereocenters. The molecule has 0 spiro atoms. The summed E-state index contributed by atoms with van der Waals surface area (Å²) in [4.78, 5) is 4.74. The van der Waals surface area contributed by atoms with Gasteiger partial charge in [-0.3, -0.25) is 0 Å². The summed E-state index contributed by atoms with van der Waals surface area (Å²) in [7, 11) is 1.69. The van der Waals surface area contributed by atoms with E-state index in [1.54, 1.807) is 7.11 Å². The van der Waals surface area contributed by atoms with Gasteiger partial charge < -0.3 is 15.0 Å². The molecule has 0 aliphatic carbocycles. The highest BCUT2D eigenvalue weighted by Crippen LogP contribution is 2.28. The van der Waals surface area contributed by atoms with Gasteiger partial charge in [0.05, 0.1) is 24.2 Å². The molecule has 0 saturated heterocycles. The van der Waals surface area contributed by atoms with E-state index in [-0.39, 0.29) is 6.04 Å². The Morgan fingerprint density at radius 3 is 2.77 bits per heavy atom. The second-order valence-electron chi connectivity index (χ2n) is 5.38. The van der Waals surface area contributed by atoms with Crippen LogP contribution in [0.3, 0.4) is 0 Å². The summed E-state index contributed by atoms with van der Waals surface area (Å²) >= 11 is 0. The number of hydrogen-bond donors (Lipinski definition) is 1. The standard InChI is InChI=1S/C18H21N3O/c1-13(14-6-5-7-15(12-14)22-2)21-17-9-4-3-8-16(17)20-18(21)10-11-19/h3-9,12-13H,10-11,19H2,1-2H3. The minimum absolute atomic E-state index is 0.170. The summed E-state index contributed by atoms with van der Waals surface area (Å²) in [5.74, 6) is 1.90. The Morgan fingerprint density at radius 1 is 1.18 bits per heavy atom. The van der Waals surface area contributed by atoms with Crippen LogP contribution in [0.2, 0.25) is 0 Å². The number of fused-ring (bicyclic) bond motifs is 1. The Balaban J connectivity index is 2.12. The number of hydrogen-bond acceptors (Lipinski definition) is 3. The number of ether oxygens (including phenoxy) is 1. The topological polar surface area (TPSA) is 53.1 Å². The van der Waals surface area contributed by atoms with Crippen molar-refractivity contribution in [1.29, 1.82) is 0 Å². The van der Waals surface area contributed by atoms with Crippen LogP contribution in [0.4, 0.5) is 0 Å². The van der Waals surface area contributed by atoms with Crippen molar-refractivity contribution in [3.05, 3.63) is 59.9 Å². The molecule has 2 aromatic carbocycles. The fraction of sp³-hybridized carbons (Fsp3) is 0.278. The van der Waals surface area contributed by atoms with Crippen LogP contribution < -0.4 is 10.5 Å². The lowest BCUT2D eigenvalue weighted by Crippen LogP contribution is -2.14. The summed E-state index contributed by atoms with van der Waals surface area (Å²) in [5.41, 5.74) is 9.11. The molecule has 4 heteroatoms. The molecule has 114 valence electrons. The van der Waals surface area contributed by atoms with Gasteiger partial charge in [-0.1, -0.05) is 24.3 Å².